The van der Waals surface area contributed by atoms with Crippen molar-refractivity contribution < 1.29 is 9.47 Å². The van der Waals surface area contributed by atoms with Crippen LogP contribution in [0.3, 0.4) is 0 Å². The molecule has 0 aliphatic heterocycles. The highest BCUT2D eigenvalue weighted by Crippen LogP contribution is 2.27. The molecule has 0 saturated carbocycles. The lowest BCUT2D eigenvalue weighted by molar-refractivity contribution is 0.346. The summed E-state index contributed by atoms with van der Waals surface area (Å²) in [5.74, 6) is 2.27. The predicted octanol–water partition coefficient (Wildman–Crippen LogP) is 5.95. The highest BCUT2D eigenvalue weighted by Gasteiger charge is 2.00. The van der Waals surface area contributed by atoms with Crippen molar-refractivity contribution in [2.45, 2.75) is 39.5 Å². The molecule has 0 aromatic rings. The molecule has 0 unspecified atom stereocenters. The SMILES string of the molecule is CCOC(=S)SSCCCCCCSSC(=S)OCC. The minimum absolute atomic E-state index is 0.649. The first kappa shape index (κ1) is 21.2. The Labute approximate surface area is 149 Å². The van der Waals surface area contributed by atoms with Crippen LogP contribution in [-0.4, -0.2) is 33.5 Å². The van der Waals surface area contributed by atoms with Crippen LogP contribution in [-0.2, 0) is 9.47 Å². The molecule has 2 nitrogen and oxygen atoms in total. The van der Waals surface area contributed by atoms with Gasteiger partial charge >= 0.3 is 0 Å². The normalized spacial score (nSPS) is 10.3. The first-order chi connectivity index (χ1) is 9.70. The van der Waals surface area contributed by atoms with Gasteiger partial charge in [0.2, 0.25) is 8.77 Å². The summed E-state index contributed by atoms with van der Waals surface area (Å²) in [5, 5.41) is 0. The number of hydrogen-bond donors (Lipinski definition) is 0. The number of unbranched alkanes of at least 4 members (excludes halogenated alkanes) is 3. The Morgan fingerprint density at radius 3 is 1.50 bits per heavy atom. The van der Waals surface area contributed by atoms with E-state index in [1.54, 1.807) is 43.2 Å². The van der Waals surface area contributed by atoms with E-state index >= 15 is 0 Å². The van der Waals surface area contributed by atoms with Crippen LogP contribution in [0, 0.1) is 0 Å². The zero-order valence-electron chi connectivity index (χ0n) is 11.9. The highest BCUT2D eigenvalue weighted by atomic mass is 33.1. The van der Waals surface area contributed by atoms with Gasteiger partial charge in [-0.2, -0.15) is 0 Å². The average Bonchev–Trinajstić information content (AvgIpc) is 2.41. The molecule has 0 aliphatic carbocycles. The minimum atomic E-state index is 0.649. The number of ether oxygens (including phenoxy) is 2. The Hall–Kier alpha value is 1.18. The van der Waals surface area contributed by atoms with Gasteiger partial charge in [-0.15, -0.1) is 0 Å². The van der Waals surface area contributed by atoms with E-state index in [-0.39, 0.29) is 0 Å². The van der Waals surface area contributed by atoms with E-state index in [2.05, 4.69) is 0 Å². The third-order valence-corrected chi connectivity index (χ3v) is 7.62. The van der Waals surface area contributed by atoms with Crippen molar-refractivity contribution in [1.29, 1.82) is 0 Å². The largest absolute Gasteiger partial charge is 0.478 e. The first-order valence-electron chi connectivity index (χ1n) is 6.63. The fourth-order valence-corrected chi connectivity index (χ4v) is 5.65. The smallest absolute Gasteiger partial charge is 0.230 e. The van der Waals surface area contributed by atoms with Gasteiger partial charge in [-0.3, -0.25) is 0 Å². The fraction of sp³-hybridized carbons (Fsp3) is 0.833. The van der Waals surface area contributed by atoms with E-state index in [1.807, 2.05) is 13.8 Å². The quantitative estimate of drug-likeness (QED) is 0.241. The molecular formula is C12H22O2S6. The Balaban J connectivity index is 3.13. The standard InChI is InChI=1S/C12H22O2S6/c1-3-13-11(15)19-17-9-7-5-6-8-10-18-20-12(16)14-4-2/h3-10H2,1-2H3. The topological polar surface area (TPSA) is 18.5 Å². The molecule has 20 heavy (non-hydrogen) atoms. The molecule has 0 fully saturated rings. The lowest BCUT2D eigenvalue weighted by Crippen LogP contribution is -1.94. The lowest BCUT2D eigenvalue weighted by Gasteiger charge is -2.04. The summed E-state index contributed by atoms with van der Waals surface area (Å²) in [6, 6.07) is 0. The van der Waals surface area contributed by atoms with Crippen LogP contribution < -0.4 is 0 Å². The second kappa shape index (κ2) is 16.5. The molecule has 118 valence electrons. The molecule has 0 rings (SSSR count). The van der Waals surface area contributed by atoms with Crippen LogP contribution in [0.15, 0.2) is 0 Å². The second-order valence-corrected chi connectivity index (χ2v) is 9.63. The molecule has 0 atom stereocenters. The van der Waals surface area contributed by atoms with Crippen LogP contribution >= 0.6 is 67.6 Å². The van der Waals surface area contributed by atoms with Crippen LogP contribution in [0.4, 0.5) is 0 Å². The molecule has 0 aromatic carbocycles. The summed E-state index contributed by atoms with van der Waals surface area (Å²) in [6.07, 6.45) is 5.02. The fourth-order valence-electron chi connectivity index (χ4n) is 1.14. The van der Waals surface area contributed by atoms with Crippen LogP contribution in [0.2, 0.25) is 0 Å². The summed E-state index contributed by atoms with van der Waals surface area (Å²) < 4.78 is 11.7. The summed E-state index contributed by atoms with van der Waals surface area (Å²) in [7, 11) is 6.71. The molecule has 0 radical (unpaired) electrons. The molecule has 0 aromatic heterocycles. The van der Waals surface area contributed by atoms with Gasteiger partial charge in [-0.1, -0.05) is 34.4 Å². The van der Waals surface area contributed by atoms with Gasteiger partial charge in [0.05, 0.1) is 13.2 Å². The third kappa shape index (κ3) is 15.6. The summed E-state index contributed by atoms with van der Waals surface area (Å²) in [4.78, 5) is 0. The van der Waals surface area contributed by atoms with Crippen molar-refractivity contribution in [3.8, 4) is 0 Å². The van der Waals surface area contributed by atoms with Gasteiger partial charge in [-0.25, -0.2) is 0 Å². The van der Waals surface area contributed by atoms with E-state index in [0.29, 0.717) is 22.0 Å². The maximum Gasteiger partial charge on any atom is 0.230 e. The van der Waals surface area contributed by atoms with Gasteiger partial charge in [0.1, 0.15) is 0 Å². The summed E-state index contributed by atoms with van der Waals surface area (Å²) >= 11 is 10.1. The molecule has 0 saturated heterocycles. The Kier molecular flexibility index (Phi) is 17.5. The Morgan fingerprint density at radius 2 is 1.15 bits per heavy atom. The number of rotatable bonds is 11. The third-order valence-electron chi connectivity index (χ3n) is 1.98. The highest BCUT2D eigenvalue weighted by molar-refractivity contribution is 8.83. The van der Waals surface area contributed by atoms with Crippen LogP contribution in [0.5, 0.6) is 0 Å². The molecular weight excluding hydrogens is 369 g/mol. The summed E-state index contributed by atoms with van der Waals surface area (Å²) in [5.41, 5.74) is 0. The predicted molar refractivity (Wildman–Crippen MR) is 107 cm³/mol. The molecule has 0 spiro atoms. The van der Waals surface area contributed by atoms with E-state index in [0.717, 1.165) is 11.5 Å². The van der Waals surface area contributed by atoms with Gasteiger partial charge in [0, 0.05) is 11.5 Å². The van der Waals surface area contributed by atoms with Crippen molar-refractivity contribution in [2.75, 3.05) is 24.7 Å². The van der Waals surface area contributed by atoms with Crippen molar-refractivity contribution in [3.63, 3.8) is 0 Å². The lowest BCUT2D eigenvalue weighted by atomic mass is 10.2. The van der Waals surface area contributed by atoms with Crippen molar-refractivity contribution in [3.05, 3.63) is 0 Å². The molecule has 0 amide bonds. The van der Waals surface area contributed by atoms with Gasteiger partial charge in [0.15, 0.2) is 0 Å². The zero-order chi connectivity index (χ0) is 15.1. The van der Waals surface area contributed by atoms with Crippen molar-refractivity contribution >= 4 is 76.4 Å². The molecule has 0 heterocycles. The molecule has 0 N–H and O–H groups in total. The van der Waals surface area contributed by atoms with Crippen molar-refractivity contribution in [1.82, 2.24) is 0 Å². The number of thiocarbonyl (C=S) groups is 2. The number of hydrogen-bond acceptors (Lipinski definition) is 8. The van der Waals surface area contributed by atoms with Gasteiger partial charge in [-0.05, 0) is 72.7 Å². The Bertz CT molecular complexity index is 236. The Morgan fingerprint density at radius 1 is 0.750 bits per heavy atom. The minimum Gasteiger partial charge on any atom is -0.478 e. The van der Waals surface area contributed by atoms with E-state index < -0.39 is 0 Å². The maximum absolute atomic E-state index is 5.20. The van der Waals surface area contributed by atoms with E-state index in [1.165, 1.54) is 25.7 Å². The van der Waals surface area contributed by atoms with Crippen molar-refractivity contribution in [2.24, 2.45) is 0 Å². The maximum atomic E-state index is 5.20. The second-order valence-electron chi connectivity index (χ2n) is 3.59. The molecule has 0 bridgehead atoms. The van der Waals surface area contributed by atoms with Crippen LogP contribution in [0.1, 0.15) is 39.5 Å². The molecule has 8 heteroatoms. The zero-order valence-corrected chi connectivity index (χ0v) is 16.8. The summed E-state index contributed by atoms with van der Waals surface area (Å²) in [6.45, 7) is 5.23. The molecule has 0 aliphatic rings. The first-order valence-corrected chi connectivity index (χ1v) is 12.1. The van der Waals surface area contributed by atoms with E-state index in [9.17, 15) is 0 Å². The van der Waals surface area contributed by atoms with Gasteiger partial charge < -0.3 is 9.47 Å². The monoisotopic (exact) mass is 390 g/mol. The van der Waals surface area contributed by atoms with E-state index in [4.69, 9.17) is 33.9 Å². The van der Waals surface area contributed by atoms with Gasteiger partial charge in [0.25, 0.3) is 0 Å². The van der Waals surface area contributed by atoms with Crippen LogP contribution in [0.25, 0.3) is 0 Å². The average molecular weight is 391 g/mol.